The van der Waals surface area contributed by atoms with Gasteiger partial charge >= 0.3 is 0 Å². The van der Waals surface area contributed by atoms with Gasteiger partial charge in [-0.05, 0) is 17.6 Å². The van der Waals surface area contributed by atoms with Crippen molar-refractivity contribution >= 4 is 11.9 Å². The van der Waals surface area contributed by atoms with Crippen molar-refractivity contribution in [2.24, 2.45) is 5.92 Å². The van der Waals surface area contributed by atoms with Gasteiger partial charge in [-0.1, -0.05) is 25.9 Å². The molecule has 1 amide bonds. The summed E-state index contributed by atoms with van der Waals surface area (Å²) < 4.78 is 0. The second-order valence-corrected chi connectivity index (χ2v) is 3.86. The summed E-state index contributed by atoms with van der Waals surface area (Å²) in [6.07, 6.45) is 1.41. The minimum absolute atomic E-state index is 0.0685. The van der Waals surface area contributed by atoms with E-state index in [9.17, 15) is 4.79 Å². The number of hydrogen-bond donors (Lipinski definition) is 1. The summed E-state index contributed by atoms with van der Waals surface area (Å²) in [7, 11) is 0. The SMILES string of the molecule is CCCn1nnc(NC(=O)CC(C)C)n1. The van der Waals surface area contributed by atoms with Gasteiger partial charge in [-0.25, -0.2) is 0 Å². The zero-order chi connectivity index (χ0) is 11.3. The Morgan fingerprint density at radius 1 is 1.53 bits per heavy atom. The van der Waals surface area contributed by atoms with E-state index in [4.69, 9.17) is 0 Å². The molecule has 6 nitrogen and oxygen atoms in total. The highest BCUT2D eigenvalue weighted by Crippen LogP contribution is 2.02. The van der Waals surface area contributed by atoms with E-state index in [1.165, 1.54) is 4.80 Å². The number of carbonyl (C=O) groups is 1. The first-order valence-corrected chi connectivity index (χ1v) is 5.19. The quantitative estimate of drug-likeness (QED) is 0.790. The van der Waals surface area contributed by atoms with Gasteiger partial charge in [-0.3, -0.25) is 10.1 Å². The van der Waals surface area contributed by atoms with Crippen LogP contribution in [-0.4, -0.2) is 26.1 Å². The number of amides is 1. The average Bonchev–Trinajstić information content (AvgIpc) is 2.51. The zero-order valence-corrected chi connectivity index (χ0v) is 9.40. The Morgan fingerprint density at radius 3 is 2.87 bits per heavy atom. The maximum Gasteiger partial charge on any atom is 0.270 e. The molecule has 1 aromatic heterocycles. The van der Waals surface area contributed by atoms with Crippen molar-refractivity contribution in [3.05, 3.63) is 0 Å². The third-order valence-electron chi connectivity index (χ3n) is 1.72. The first-order chi connectivity index (χ1) is 7.11. The number of nitrogens with one attached hydrogen (secondary N) is 1. The Balaban J connectivity index is 2.46. The first-order valence-electron chi connectivity index (χ1n) is 5.19. The molecule has 0 unspecified atom stereocenters. The topological polar surface area (TPSA) is 72.7 Å². The summed E-state index contributed by atoms with van der Waals surface area (Å²) in [5.41, 5.74) is 0. The van der Waals surface area contributed by atoms with Crippen LogP contribution in [0.1, 0.15) is 33.6 Å². The van der Waals surface area contributed by atoms with Crippen LogP contribution in [0.15, 0.2) is 0 Å². The highest BCUT2D eigenvalue weighted by atomic mass is 16.1. The number of aromatic nitrogens is 4. The third-order valence-corrected chi connectivity index (χ3v) is 1.72. The zero-order valence-electron chi connectivity index (χ0n) is 9.40. The Kier molecular flexibility index (Phi) is 4.20. The molecule has 0 aliphatic carbocycles. The Hall–Kier alpha value is -1.46. The molecule has 0 aliphatic rings. The number of aryl methyl sites for hydroxylation is 1. The number of nitrogens with zero attached hydrogens (tertiary/aromatic N) is 4. The highest BCUT2D eigenvalue weighted by Gasteiger charge is 2.08. The van der Waals surface area contributed by atoms with E-state index < -0.39 is 0 Å². The summed E-state index contributed by atoms with van der Waals surface area (Å²) in [5.74, 6) is 0.547. The molecule has 1 heterocycles. The standard InChI is InChI=1S/C9H17N5O/c1-4-5-14-12-9(11-13-14)10-8(15)6-7(2)3/h7H,4-6H2,1-3H3,(H,10,12,15). The van der Waals surface area contributed by atoms with Crippen LogP contribution in [0.4, 0.5) is 5.95 Å². The Morgan fingerprint density at radius 2 is 2.27 bits per heavy atom. The van der Waals surface area contributed by atoms with Gasteiger partial charge in [0.2, 0.25) is 5.91 Å². The molecule has 1 rings (SSSR count). The molecule has 1 aromatic rings. The van der Waals surface area contributed by atoms with Crippen LogP contribution in [0.25, 0.3) is 0 Å². The number of carbonyl (C=O) groups excluding carboxylic acids is 1. The first kappa shape index (κ1) is 11.6. The van der Waals surface area contributed by atoms with Crippen LogP contribution in [0.2, 0.25) is 0 Å². The van der Waals surface area contributed by atoms with Crippen molar-refractivity contribution in [1.82, 2.24) is 20.2 Å². The molecule has 0 aromatic carbocycles. The van der Waals surface area contributed by atoms with E-state index in [0.717, 1.165) is 6.42 Å². The van der Waals surface area contributed by atoms with Crippen molar-refractivity contribution in [3.8, 4) is 0 Å². The highest BCUT2D eigenvalue weighted by molar-refractivity contribution is 5.88. The van der Waals surface area contributed by atoms with E-state index in [1.807, 2.05) is 20.8 Å². The van der Waals surface area contributed by atoms with Gasteiger partial charge in [0, 0.05) is 6.42 Å². The van der Waals surface area contributed by atoms with Gasteiger partial charge in [-0.15, -0.1) is 5.10 Å². The second kappa shape index (κ2) is 5.43. The van der Waals surface area contributed by atoms with Gasteiger partial charge in [0.25, 0.3) is 5.95 Å². The van der Waals surface area contributed by atoms with E-state index in [1.54, 1.807) is 0 Å². The lowest BCUT2D eigenvalue weighted by Crippen LogP contribution is -2.15. The molecule has 0 radical (unpaired) electrons. The number of tetrazole rings is 1. The molecule has 0 saturated carbocycles. The van der Waals surface area contributed by atoms with Crippen LogP contribution in [0.3, 0.4) is 0 Å². The fourth-order valence-corrected chi connectivity index (χ4v) is 1.13. The van der Waals surface area contributed by atoms with Crippen molar-refractivity contribution in [3.63, 3.8) is 0 Å². The van der Waals surface area contributed by atoms with E-state index in [-0.39, 0.29) is 11.9 Å². The normalized spacial score (nSPS) is 10.7. The molecule has 1 N–H and O–H groups in total. The number of hydrogen-bond acceptors (Lipinski definition) is 4. The lowest BCUT2D eigenvalue weighted by Gasteiger charge is -2.02. The van der Waals surface area contributed by atoms with Crippen LogP contribution in [-0.2, 0) is 11.3 Å². The largest absolute Gasteiger partial charge is 0.292 e. The third kappa shape index (κ3) is 4.05. The van der Waals surface area contributed by atoms with E-state index >= 15 is 0 Å². The molecule has 0 atom stereocenters. The number of rotatable bonds is 5. The van der Waals surface area contributed by atoms with E-state index in [2.05, 4.69) is 20.7 Å². The minimum atomic E-state index is -0.0685. The summed E-state index contributed by atoms with van der Waals surface area (Å²) in [4.78, 5) is 12.8. The van der Waals surface area contributed by atoms with Gasteiger partial charge in [0.05, 0.1) is 6.54 Å². The van der Waals surface area contributed by atoms with Crippen LogP contribution in [0, 0.1) is 5.92 Å². The Bertz CT molecular complexity index is 320. The number of anilines is 1. The lowest BCUT2D eigenvalue weighted by atomic mass is 10.1. The van der Waals surface area contributed by atoms with Gasteiger partial charge in [0.1, 0.15) is 0 Å². The molecular weight excluding hydrogens is 194 g/mol. The van der Waals surface area contributed by atoms with Gasteiger partial charge < -0.3 is 0 Å². The van der Waals surface area contributed by atoms with Crippen molar-refractivity contribution < 1.29 is 4.79 Å². The second-order valence-electron chi connectivity index (χ2n) is 3.86. The van der Waals surface area contributed by atoms with Gasteiger partial charge in [0.15, 0.2) is 0 Å². The fraction of sp³-hybridized carbons (Fsp3) is 0.778. The van der Waals surface area contributed by atoms with Crippen LogP contribution < -0.4 is 5.32 Å². The summed E-state index contributed by atoms with van der Waals surface area (Å²) in [6, 6.07) is 0. The molecule has 0 spiro atoms. The summed E-state index contributed by atoms with van der Waals surface area (Å²) in [5, 5.41) is 14.1. The molecule has 0 saturated heterocycles. The summed E-state index contributed by atoms with van der Waals surface area (Å²) >= 11 is 0. The lowest BCUT2D eigenvalue weighted by molar-refractivity contribution is -0.116. The molecule has 84 valence electrons. The monoisotopic (exact) mass is 211 g/mol. The maximum atomic E-state index is 11.4. The molecule has 6 heteroatoms. The molecule has 15 heavy (non-hydrogen) atoms. The van der Waals surface area contributed by atoms with Crippen LogP contribution in [0.5, 0.6) is 0 Å². The van der Waals surface area contributed by atoms with Gasteiger partial charge in [-0.2, -0.15) is 4.80 Å². The van der Waals surface area contributed by atoms with Crippen molar-refractivity contribution in [2.45, 2.75) is 40.2 Å². The summed E-state index contributed by atoms with van der Waals surface area (Å²) in [6.45, 7) is 6.72. The van der Waals surface area contributed by atoms with Crippen molar-refractivity contribution in [1.29, 1.82) is 0 Å². The Labute approximate surface area is 89.0 Å². The average molecular weight is 211 g/mol. The van der Waals surface area contributed by atoms with Crippen molar-refractivity contribution in [2.75, 3.05) is 5.32 Å². The maximum absolute atomic E-state index is 11.4. The molecule has 0 bridgehead atoms. The van der Waals surface area contributed by atoms with E-state index in [0.29, 0.717) is 18.9 Å². The predicted molar refractivity (Wildman–Crippen MR) is 56.2 cm³/mol. The minimum Gasteiger partial charge on any atom is -0.292 e. The van der Waals surface area contributed by atoms with Crippen LogP contribution >= 0.6 is 0 Å². The predicted octanol–water partition coefficient (Wildman–Crippen LogP) is 1.07. The fourth-order valence-electron chi connectivity index (χ4n) is 1.13. The molecule has 0 aliphatic heterocycles. The molecular formula is C9H17N5O. The molecule has 0 fully saturated rings. The smallest absolute Gasteiger partial charge is 0.270 e.